The van der Waals surface area contributed by atoms with Gasteiger partial charge in [-0.3, -0.25) is 4.79 Å². The Balaban J connectivity index is 1.62. The molecule has 1 amide bonds. The van der Waals surface area contributed by atoms with Gasteiger partial charge in [0.1, 0.15) is 17.8 Å². The molecule has 6 heteroatoms. The second kappa shape index (κ2) is 7.14. The van der Waals surface area contributed by atoms with Crippen LogP contribution in [0.2, 0.25) is 5.02 Å². The van der Waals surface area contributed by atoms with Crippen molar-refractivity contribution in [3.05, 3.63) is 77.2 Å². The van der Waals surface area contributed by atoms with E-state index in [1.54, 1.807) is 18.2 Å². The number of para-hydroxylation sites is 2. The van der Waals surface area contributed by atoms with Crippen LogP contribution in [0.4, 0.5) is 17.2 Å². The Labute approximate surface area is 156 Å². The molecule has 0 bridgehead atoms. The quantitative estimate of drug-likeness (QED) is 0.745. The summed E-state index contributed by atoms with van der Waals surface area (Å²) in [6, 6.07) is 17.1. The number of halogens is 1. The molecule has 1 aromatic heterocycles. The van der Waals surface area contributed by atoms with Crippen LogP contribution in [0.25, 0.3) is 0 Å². The summed E-state index contributed by atoms with van der Waals surface area (Å²) < 4.78 is 0. The van der Waals surface area contributed by atoms with Crippen molar-refractivity contribution in [2.75, 3.05) is 16.8 Å². The Kier molecular flexibility index (Phi) is 4.54. The summed E-state index contributed by atoms with van der Waals surface area (Å²) in [5.41, 5.74) is 3.29. The lowest BCUT2D eigenvalue weighted by molar-refractivity contribution is 0.102. The first-order valence-electron chi connectivity index (χ1n) is 8.46. The van der Waals surface area contributed by atoms with E-state index in [1.807, 2.05) is 24.3 Å². The van der Waals surface area contributed by atoms with Crippen LogP contribution in [0.15, 0.2) is 60.9 Å². The van der Waals surface area contributed by atoms with Crippen molar-refractivity contribution in [3.63, 3.8) is 0 Å². The Bertz CT molecular complexity index is 960. The SMILES string of the molecule is O=C(Nc1ccccc1Cl)c1cc(N2CCCc3ccccc32)ncn1. The molecular weight excluding hydrogens is 348 g/mol. The number of nitrogens with one attached hydrogen (secondary N) is 1. The largest absolute Gasteiger partial charge is 0.326 e. The summed E-state index contributed by atoms with van der Waals surface area (Å²) in [7, 11) is 0. The molecule has 0 fully saturated rings. The van der Waals surface area contributed by atoms with Crippen molar-refractivity contribution in [2.45, 2.75) is 12.8 Å². The normalized spacial score (nSPS) is 13.2. The number of nitrogens with zero attached hydrogens (tertiary/aromatic N) is 3. The fourth-order valence-corrected chi connectivity index (χ4v) is 3.32. The van der Waals surface area contributed by atoms with E-state index in [4.69, 9.17) is 11.6 Å². The summed E-state index contributed by atoms with van der Waals surface area (Å²) in [6.45, 7) is 0.861. The van der Waals surface area contributed by atoms with Crippen LogP contribution in [-0.4, -0.2) is 22.4 Å². The van der Waals surface area contributed by atoms with Gasteiger partial charge in [0, 0.05) is 18.3 Å². The van der Waals surface area contributed by atoms with Crippen LogP contribution in [0.3, 0.4) is 0 Å². The summed E-state index contributed by atoms with van der Waals surface area (Å²) in [5.74, 6) is 0.406. The van der Waals surface area contributed by atoms with E-state index in [2.05, 4.69) is 32.3 Å². The number of carbonyl (C=O) groups excluding carboxylic acids is 1. The first kappa shape index (κ1) is 16.5. The number of hydrogen-bond acceptors (Lipinski definition) is 4. The molecule has 3 aromatic rings. The molecule has 1 N–H and O–H groups in total. The Morgan fingerprint density at radius 3 is 2.77 bits per heavy atom. The fourth-order valence-electron chi connectivity index (χ4n) is 3.14. The molecule has 0 unspecified atom stereocenters. The number of carbonyl (C=O) groups is 1. The zero-order valence-electron chi connectivity index (χ0n) is 14.0. The number of rotatable bonds is 3. The van der Waals surface area contributed by atoms with E-state index in [0.29, 0.717) is 16.4 Å². The fraction of sp³-hybridized carbons (Fsp3) is 0.150. The zero-order chi connectivity index (χ0) is 17.9. The number of aryl methyl sites for hydroxylation is 1. The van der Waals surface area contributed by atoms with Crippen molar-refractivity contribution in [2.24, 2.45) is 0 Å². The second-order valence-corrected chi connectivity index (χ2v) is 6.49. The smallest absolute Gasteiger partial charge is 0.274 e. The highest BCUT2D eigenvalue weighted by atomic mass is 35.5. The maximum absolute atomic E-state index is 12.6. The van der Waals surface area contributed by atoms with E-state index in [9.17, 15) is 4.79 Å². The average Bonchev–Trinajstić information content (AvgIpc) is 2.69. The molecule has 0 radical (unpaired) electrons. The van der Waals surface area contributed by atoms with Gasteiger partial charge in [-0.1, -0.05) is 41.9 Å². The summed E-state index contributed by atoms with van der Waals surface area (Å²) >= 11 is 6.11. The molecule has 26 heavy (non-hydrogen) atoms. The van der Waals surface area contributed by atoms with Gasteiger partial charge in [0.2, 0.25) is 0 Å². The van der Waals surface area contributed by atoms with Crippen molar-refractivity contribution in [1.82, 2.24) is 9.97 Å². The van der Waals surface area contributed by atoms with E-state index < -0.39 is 0 Å². The molecule has 0 saturated carbocycles. The summed E-state index contributed by atoms with van der Waals surface area (Å²) in [5, 5.41) is 3.28. The van der Waals surface area contributed by atoms with Crippen LogP contribution >= 0.6 is 11.6 Å². The van der Waals surface area contributed by atoms with Crippen LogP contribution < -0.4 is 10.2 Å². The maximum atomic E-state index is 12.6. The average molecular weight is 365 g/mol. The van der Waals surface area contributed by atoms with Gasteiger partial charge in [-0.15, -0.1) is 0 Å². The lowest BCUT2D eigenvalue weighted by Crippen LogP contribution is -2.26. The van der Waals surface area contributed by atoms with Crippen molar-refractivity contribution < 1.29 is 4.79 Å². The van der Waals surface area contributed by atoms with E-state index >= 15 is 0 Å². The zero-order valence-corrected chi connectivity index (χ0v) is 14.8. The van der Waals surface area contributed by atoms with Crippen molar-refractivity contribution >= 4 is 34.7 Å². The molecule has 5 nitrogen and oxygen atoms in total. The Morgan fingerprint density at radius 2 is 1.88 bits per heavy atom. The molecule has 0 atom stereocenters. The minimum atomic E-state index is -0.313. The van der Waals surface area contributed by atoms with Gasteiger partial charge in [0.25, 0.3) is 5.91 Å². The first-order chi connectivity index (χ1) is 12.7. The number of anilines is 3. The first-order valence-corrected chi connectivity index (χ1v) is 8.83. The van der Waals surface area contributed by atoms with Gasteiger partial charge >= 0.3 is 0 Å². The topological polar surface area (TPSA) is 58.1 Å². The minimum Gasteiger partial charge on any atom is -0.326 e. The molecule has 0 spiro atoms. The van der Waals surface area contributed by atoms with E-state index in [-0.39, 0.29) is 5.91 Å². The molecule has 2 aromatic carbocycles. The third kappa shape index (κ3) is 3.26. The van der Waals surface area contributed by atoms with E-state index in [0.717, 1.165) is 30.9 Å². The van der Waals surface area contributed by atoms with Gasteiger partial charge in [-0.05, 0) is 36.6 Å². The van der Waals surface area contributed by atoms with Crippen LogP contribution in [-0.2, 0) is 6.42 Å². The standard InChI is InChI=1S/C20H17ClN4O/c21-15-8-2-3-9-16(15)24-20(26)17-12-19(23-13-22-17)25-11-5-7-14-6-1-4-10-18(14)25/h1-4,6,8-10,12-13H,5,7,11H2,(H,24,26). The highest BCUT2D eigenvalue weighted by Crippen LogP contribution is 2.32. The third-order valence-electron chi connectivity index (χ3n) is 4.39. The van der Waals surface area contributed by atoms with Gasteiger partial charge in [-0.2, -0.15) is 0 Å². The van der Waals surface area contributed by atoms with Crippen LogP contribution in [0.5, 0.6) is 0 Å². The van der Waals surface area contributed by atoms with Crippen molar-refractivity contribution in [3.8, 4) is 0 Å². The van der Waals surface area contributed by atoms with Crippen molar-refractivity contribution in [1.29, 1.82) is 0 Å². The summed E-state index contributed by atoms with van der Waals surface area (Å²) in [6.07, 6.45) is 3.52. The Hall–Kier alpha value is -2.92. The Morgan fingerprint density at radius 1 is 1.08 bits per heavy atom. The minimum absolute atomic E-state index is 0.304. The number of hydrogen-bond donors (Lipinski definition) is 1. The number of aromatic nitrogens is 2. The van der Waals surface area contributed by atoms with Gasteiger partial charge in [-0.25, -0.2) is 9.97 Å². The molecule has 0 saturated heterocycles. The predicted molar refractivity (Wildman–Crippen MR) is 103 cm³/mol. The summed E-state index contributed by atoms with van der Waals surface area (Å²) in [4.78, 5) is 23.2. The van der Waals surface area contributed by atoms with Gasteiger partial charge in [0.15, 0.2) is 0 Å². The van der Waals surface area contributed by atoms with Crippen LogP contribution in [0.1, 0.15) is 22.5 Å². The number of benzene rings is 2. The lowest BCUT2D eigenvalue weighted by atomic mass is 10.0. The third-order valence-corrected chi connectivity index (χ3v) is 4.72. The van der Waals surface area contributed by atoms with Gasteiger partial charge in [0.05, 0.1) is 10.7 Å². The molecule has 130 valence electrons. The second-order valence-electron chi connectivity index (χ2n) is 6.08. The molecular formula is C20H17ClN4O. The number of fused-ring (bicyclic) bond motifs is 1. The molecule has 4 rings (SSSR count). The van der Waals surface area contributed by atoms with E-state index in [1.165, 1.54) is 11.9 Å². The molecule has 1 aliphatic rings. The lowest BCUT2D eigenvalue weighted by Gasteiger charge is -2.30. The highest BCUT2D eigenvalue weighted by molar-refractivity contribution is 6.33. The molecule has 1 aliphatic heterocycles. The van der Waals surface area contributed by atoms with Crippen LogP contribution in [0, 0.1) is 0 Å². The molecule has 2 heterocycles. The molecule has 0 aliphatic carbocycles. The number of amides is 1. The monoisotopic (exact) mass is 364 g/mol. The maximum Gasteiger partial charge on any atom is 0.274 e. The predicted octanol–water partition coefficient (Wildman–Crippen LogP) is 4.47. The van der Waals surface area contributed by atoms with Gasteiger partial charge < -0.3 is 10.2 Å². The highest BCUT2D eigenvalue weighted by Gasteiger charge is 2.20.